The Hall–Kier alpha value is -1.44. The van der Waals surface area contributed by atoms with Gasteiger partial charge in [-0.1, -0.05) is 121 Å². The van der Waals surface area contributed by atoms with Crippen molar-refractivity contribution in [1.29, 1.82) is 0 Å². The van der Waals surface area contributed by atoms with Gasteiger partial charge in [-0.05, 0) is 157 Å². The van der Waals surface area contributed by atoms with Crippen molar-refractivity contribution in [3.05, 3.63) is 35.5 Å². The molecule has 0 aliphatic rings. The lowest BCUT2D eigenvalue weighted by Crippen LogP contribution is -2.55. The first kappa shape index (κ1) is 75.6. The van der Waals surface area contributed by atoms with Gasteiger partial charge in [-0.15, -0.1) is 0 Å². The van der Waals surface area contributed by atoms with Gasteiger partial charge in [-0.2, -0.15) is 0 Å². The molecule has 0 saturated carbocycles. The van der Waals surface area contributed by atoms with Crippen molar-refractivity contribution in [2.45, 2.75) is 292 Å². The second kappa shape index (κ2) is 37.6. The van der Waals surface area contributed by atoms with Crippen molar-refractivity contribution >= 4 is 64.7 Å². The van der Waals surface area contributed by atoms with Gasteiger partial charge in [0.15, 0.2) is 39.1 Å². The van der Waals surface area contributed by atoms with E-state index in [0.717, 1.165) is 90.0 Å². The fourth-order valence-electron chi connectivity index (χ4n) is 11.1. The highest BCUT2D eigenvalue weighted by Crippen LogP contribution is 2.48. The maximum Gasteiger partial charge on any atom is 0.338 e. The number of hydrogen-bond acceptors (Lipinski definition) is 12. The highest BCUT2D eigenvalue weighted by molar-refractivity contribution is 7.54. The molecule has 7 atom stereocenters. The molecule has 0 rings (SSSR count). The van der Waals surface area contributed by atoms with Gasteiger partial charge in [0.1, 0.15) is 24.3 Å². The Morgan fingerprint density at radius 2 is 1.13 bits per heavy atom. The molecule has 0 saturated heterocycles. The molecule has 0 spiro atoms. The number of ketones is 2. The van der Waals surface area contributed by atoms with Gasteiger partial charge in [0, 0.05) is 31.3 Å². The lowest BCUT2D eigenvalue weighted by molar-refractivity contribution is -0.146. The first-order chi connectivity index (χ1) is 36.2. The number of esters is 1. The highest BCUT2D eigenvalue weighted by Gasteiger charge is 2.48. The molecule has 12 nitrogen and oxygen atoms in total. The average Bonchev–Trinajstić information content (AvgIpc) is 3.39. The van der Waals surface area contributed by atoms with E-state index in [9.17, 15) is 18.9 Å². The van der Waals surface area contributed by atoms with Gasteiger partial charge in [0.2, 0.25) is 0 Å². The summed E-state index contributed by atoms with van der Waals surface area (Å²) >= 11 is 0. The van der Waals surface area contributed by atoms with Crippen LogP contribution < -0.4 is 0 Å². The zero-order chi connectivity index (χ0) is 59.3. The molecule has 0 aliphatic heterocycles. The molecule has 0 N–H and O–H groups in total. The third kappa shape index (κ3) is 24.9. The molecule has 0 radical (unpaired) electrons. The first-order valence-corrected chi connectivity index (χ1v) is 42.4. The highest BCUT2D eigenvalue weighted by atomic mass is 31.2. The summed E-state index contributed by atoms with van der Waals surface area (Å²) in [5.41, 5.74) is 1.69. The number of unbranched alkanes of at least 4 members (excludes halogenated alkanes) is 1. The van der Waals surface area contributed by atoms with Crippen LogP contribution in [0.5, 0.6) is 0 Å². The summed E-state index contributed by atoms with van der Waals surface area (Å²) < 4.78 is 60.0. The van der Waals surface area contributed by atoms with Crippen molar-refractivity contribution in [3.63, 3.8) is 0 Å². The fourth-order valence-corrected chi connectivity index (χ4v) is 24.5. The molecular weight excluding hydrogens is 1060 g/mol. The van der Waals surface area contributed by atoms with Crippen LogP contribution in [0.2, 0.25) is 72.5 Å². The van der Waals surface area contributed by atoms with Crippen LogP contribution in [0.3, 0.4) is 0 Å². The molecule has 0 aliphatic carbocycles. The van der Waals surface area contributed by atoms with E-state index < -0.39 is 76.9 Å². The smallest absolute Gasteiger partial charge is 0.338 e. The number of ether oxygens (including phenoxy) is 1. The SMILES string of the molecule is C=C(/C=C(\C)[C@@](C)(C[C@@H](CC(=O)[C@H](O[Si](CC)(CC)CC)[C@@H](O[Si](CC)(CC)CC)[C@H](C)C[C@H](C)OC(=O)/C(C)=C/CCCC(=O)CP(=O)(OCC)OCC)O[Si](CC)(CC)CC)O[Si](CC)(CC)CC)C[C@@H](C)CC=O. The van der Waals surface area contributed by atoms with Crippen LogP contribution in [0.4, 0.5) is 0 Å². The summed E-state index contributed by atoms with van der Waals surface area (Å²) in [4.78, 5) is 53.9. The Morgan fingerprint density at radius 1 is 0.662 bits per heavy atom. The minimum atomic E-state index is -3.48. The predicted molar refractivity (Wildman–Crippen MR) is 332 cm³/mol. The van der Waals surface area contributed by atoms with Crippen molar-refractivity contribution in [2.75, 3.05) is 19.4 Å². The Bertz CT molecular complexity index is 1820. The van der Waals surface area contributed by atoms with Crippen LogP contribution in [0.1, 0.15) is 190 Å². The van der Waals surface area contributed by atoms with E-state index in [1.165, 1.54) is 0 Å². The van der Waals surface area contributed by atoms with Gasteiger partial charge in [0.05, 0.1) is 37.1 Å². The van der Waals surface area contributed by atoms with E-state index in [2.05, 4.69) is 123 Å². The van der Waals surface area contributed by atoms with Crippen molar-refractivity contribution in [3.8, 4) is 0 Å². The molecule has 0 bridgehead atoms. The fraction of sp³-hybridized carbons (Fsp3) is 0.833. The summed E-state index contributed by atoms with van der Waals surface area (Å²) in [6.07, 6.45) is 5.64. The molecule has 17 heteroatoms. The lowest BCUT2D eigenvalue weighted by Gasteiger charge is -2.45. The summed E-state index contributed by atoms with van der Waals surface area (Å²) in [7, 11) is -12.9. The van der Waals surface area contributed by atoms with Crippen LogP contribution in [-0.2, 0) is 55.2 Å². The predicted octanol–water partition coefficient (Wildman–Crippen LogP) is 17.3. The van der Waals surface area contributed by atoms with E-state index in [1.54, 1.807) is 26.8 Å². The zero-order valence-electron chi connectivity index (χ0n) is 53.0. The van der Waals surface area contributed by atoms with Gasteiger partial charge in [-0.25, -0.2) is 4.79 Å². The maximum absolute atomic E-state index is 16.1. The summed E-state index contributed by atoms with van der Waals surface area (Å²) in [5, 5.41) is 0. The average molecular weight is 1170 g/mol. The Labute approximate surface area is 476 Å². The van der Waals surface area contributed by atoms with Gasteiger partial charge < -0.3 is 36.3 Å². The van der Waals surface area contributed by atoms with Gasteiger partial charge >= 0.3 is 13.6 Å². The number of hydrogen-bond donors (Lipinski definition) is 0. The van der Waals surface area contributed by atoms with Crippen LogP contribution in [0.25, 0.3) is 0 Å². The Balaban J connectivity index is 7.72. The molecule has 0 aromatic heterocycles. The number of allylic oxidation sites excluding steroid dienone is 3. The second-order valence-electron chi connectivity index (χ2n) is 22.6. The van der Waals surface area contributed by atoms with Gasteiger partial charge in [-0.3, -0.25) is 14.2 Å². The zero-order valence-corrected chi connectivity index (χ0v) is 57.9. The van der Waals surface area contributed by atoms with Crippen LogP contribution in [0, 0.1) is 11.8 Å². The monoisotopic (exact) mass is 1170 g/mol. The molecular formula is C60H117O12PSi4. The number of Topliss-reactive ketones (excluding diaryl/α,β-unsaturated/α-hetero) is 2. The van der Waals surface area contributed by atoms with Gasteiger partial charge in [0.25, 0.3) is 0 Å². The maximum atomic E-state index is 16.1. The molecule has 0 aromatic rings. The van der Waals surface area contributed by atoms with Crippen LogP contribution in [0.15, 0.2) is 35.5 Å². The van der Waals surface area contributed by atoms with E-state index >= 15 is 4.79 Å². The molecule has 0 aromatic carbocycles. The third-order valence-electron chi connectivity index (χ3n) is 17.4. The normalized spacial score (nSPS) is 16.5. The molecule has 0 unspecified atom stereocenters. The summed E-state index contributed by atoms with van der Waals surface area (Å²) in [5.74, 6) is -0.709. The summed E-state index contributed by atoms with van der Waals surface area (Å²) in [6.45, 7) is 47.2. The number of rotatable bonds is 47. The molecule has 0 amide bonds. The topological polar surface area (TPSA) is 150 Å². The molecule has 0 fully saturated rings. The molecule has 77 heavy (non-hydrogen) atoms. The molecule has 0 heterocycles. The van der Waals surface area contributed by atoms with Crippen molar-refractivity contribution < 1.29 is 55.2 Å². The van der Waals surface area contributed by atoms with Crippen LogP contribution in [-0.4, -0.2) is 106 Å². The van der Waals surface area contributed by atoms with E-state index in [4.69, 9.17) is 31.5 Å². The number of carbonyl (C=O) groups is 4. The third-order valence-corrected chi connectivity index (χ3v) is 38.2. The molecule has 450 valence electrons. The minimum absolute atomic E-state index is 0.00180. The van der Waals surface area contributed by atoms with Crippen molar-refractivity contribution in [1.82, 2.24) is 0 Å². The first-order valence-electron chi connectivity index (χ1n) is 30.5. The number of aldehydes is 1. The second-order valence-corrected chi connectivity index (χ2v) is 43.5. The Morgan fingerprint density at radius 3 is 1.58 bits per heavy atom. The number of carbonyl (C=O) groups excluding carboxylic acids is 4. The Kier molecular flexibility index (Phi) is 36.9. The largest absolute Gasteiger partial charge is 0.459 e. The van der Waals surface area contributed by atoms with E-state index in [-0.39, 0.29) is 55.6 Å². The van der Waals surface area contributed by atoms with E-state index in [0.29, 0.717) is 44.1 Å². The summed E-state index contributed by atoms with van der Waals surface area (Å²) in [6, 6.07) is 10.9. The quantitative estimate of drug-likeness (QED) is 0.0109. The lowest BCUT2D eigenvalue weighted by atomic mass is 9.85. The van der Waals surface area contributed by atoms with Crippen molar-refractivity contribution in [2.24, 2.45) is 11.8 Å². The van der Waals surface area contributed by atoms with Crippen LogP contribution >= 0.6 is 7.60 Å². The minimum Gasteiger partial charge on any atom is -0.459 e. The van der Waals surface area contributed by atoms with E-state index in [1.807, 2.05) is 6.92 Å². The standard InChI is InChI=1S/C60H117O12PSi4/c1-22-66-73(65,67-23-2)47-54(62)39-37-36-38-50(17)59(64)68-53(20)44-51(18)57(70-75(27-6,28-7)29-8)58(71-76(30-9,31-10)32-11)56(63)45-55(69-74(24-3,25-4)26-5)46-60(21,72-77(33-12,34-13)35-14)52(19)43-49(16)42-48(15)40-41-61/h38,41,43,48,51,53,55,57-58H,16,22-37,39-40,42,44-47H2,1-15,17-21H3/b50-38+,52-43+/t48-,51+,53-,55+,57-,58-,60+/m0/s1.